The number of rotatable bonds is 16. The van der Waals surface area contributed by atoms with Crippen molar-refractivity contribution in [3.63, 3.8) is 0 Å². The lowest BCUT2D eigenvalue weighted by molar-refractivity contribution is -0.130. The molecule has 2 unspecified atom stereocenters. The third kappa shape index (κ3) is 13.0. The van der Waals surface area contributed by atoms with E-state index in [2.05, 4.69) is 25.6 Å². The van der Waals surface area contributed by atoms with E-state index in [0.717, 1.165) is 70.0 Å². The van der Waals surface area contributed by atoms with Crippen LogP contribution in [0.1, 0.15) is 93.4 Å². The Morgan fingerprint density at radius 1 is 0.612 bits per heavy atom. The zero-order valence-corrected chi connectivity index (χ0v) is 37.3. The lowest BCUT2D eigenvalue weighted by atomic mass is 9.94. The van der Waals surface area contributed by atoms with E-state index in [0.29, 0.717) is 41.4 Å². The normalized spacial score (nSPS) is 13.1. The van der Waals surface area contributed by atoms with Crippen LogP contribution in [0.3, 0.4) is 0 Å². The standard InChI is InChI=1S/C26H24N4O4.C26H29N3O4/c1-17-14-20(22-4-2-3-5-23(22)28-17)16-34-21-8-6-19(7-9-21)26(32)29-24(15-25(31)30-33)18-10-12-27-13-11-18;1-17-14-20(22-8-4-5-9-23(22)27-17)16-33-21-12-10-19(11-13-21)26(31)28-24(15-25(30)29-32)18-6-2-3-7-18/h2-14,24,33H,15-16H2,1H3,(H,29,32)(H,30,31);4-5,8-14,18,24,32H,2-3,6-7,15-16H2,1H3,(H,28,31)(H,29,30). The number of nitrogens with zero attached hydrogens (tertiary/aromatic N) is 3. The lowest BCUT2D eigenvalue weighted by Gasteiger charge is -2.24. The first kappa shape index (κ1) is 47.2. The zero-order valence-electron chi connectivity index (χ0n) is 37.3. The molecule has 4 amide bonds. The van der Waals surface area contributed by atoms with E-state index in [9.17, 15) is 19.2 Å². The maximum absolute atomic E-state index is 12.8. The summed E-state index contributed by atoms with van der Waals surface area (Å²) in [6, 6.07) is 36.2. The van der Waals surface area contributed by atoms with Gasteiger partial charge in [-0.25, -0.2) is 11.0 Å². The second-order valence-electron chi connectivity index (χ2n) is 16.4. The van der Waals surface area contributed by atoms with Crippen molar-refractivity contribution in [2.75, 3.05) is 0 Å². The maximum atomic E-state index is 12.8. The molecule has 6 N–H and O–H groups in total. The number of ether oxygens (including phenoxy) is 2. The van der Waals surface area contributed by atoms with Crippen LogP contribution in [0.2, 0.25) is 0 Å². The number of hydrogen-bond acceptors (Lipinski definition) is 11. The molecule has 1 fully saturated rings. The van der Waals surface area contributed by atoms with Crippen molar-refractivity contribution >= 4 is 45.4 Å². The number of hydrogen-bond donors (Lipinski definition) is 6. The van der Waals surface area contributed by atoms with Crippen LogP contribution in [0.4, 0.5) is 0 Å². The van der Waals surface area contributed by atoms with Crippen LogP contribution in [-0.4, -0.2) is 55.0 Å². The molecule has 15 nitrogen and oxygen atoms in total. The molecule has 0 radical (unpaired) electrons. The molecular weight excluding hydrogens is 851 g/mol. The summed E-state index contributed by atoms with van der Waals surface area (Å²) < 4.78 is 11.9. The number of carbonyl (C=O) groups is 4. The van der Waals surface area contributed by atoms with Gasteiger partial charge in [0.05, 0.1) is 23.5 Å². The minimum absolute atomic E-state index is 0.0629. The first-order chi connectivity index (χ1) is 32.6. The molecule has 0 saturated heterocycles. The van der Waals surface area contributed by atoms with E-state index < -0.39 is 17.9 Å². The van der Waals surface area contributed by atoms with Gasteiger partial charge in [-0.1, -0.05) is 49.2 Å². The SMILES string of the molecule is Cc1cc(COc2ccc(C(=O)NC(CC(=O)NO)C3CCCC3)cc2)c2ccccc2n1.Cc1cc(COc2ccc(C(=O)NC(CC(=O)NO)c3ccncc3)cc2)c2ccccc2n1. The van der Waals surface area contributed by atoms with Crippen molar-refractivity contribution in [2.24, 2.45) is 5.92 Å². The van der Waals surface area contributed by atoms with Crippen LogP contribution in [0.5, 0.6) is 11.5 Å². The van der Waals surface area contributed by atoms with Gasteiger partial charge in [0.25, 0.3) is 11.8 Å². The molecule has 15 heteroatoms. The first-order valence-corrected chi connectivity index (χ1v) is 22.1. The Labute approximate surface area is 387 Å². The van der Waals surface area contributed by atoms with Gasteiger partial charge in [0, 0.05) is 69.3 Å². The number of fused-ring (bicyclic) bond motifs is 2. The highest BCUT2D eigenvalue weighted by Gasteiger charge is 2.29. The largest absolute Gasteiger partial charge is 0.489 e. The van der Waals surface area contributed by atoms with Gasteiger partial charge >= 0.3 is 0 Å². The molecule has 1 saturated carbocycles. The molecule has 8 rings (SSSR count). The number of aromatic nitrogens is 3. The van der Waals surface area contributed by atoms with Crippen molar-refractivity contribution < 1.29 is 39.1 Å². The molecular formula is C52H53N7O8. The quantitative estimate of drug-likeness (QED) is 0.0402. The van der Waals surface area contributed by atoms with Crippen molar-refractivity contribution in [3.8, 4) is 11.5 Å². The van der Waals surface area contributed by atoms with Gasteiger partial charge in [-0.05, 0) is 123 Å². The highest BCUT2D eigenvalue weighted by atomic mass is 16.5. The molecule has 0 aliphatic heterocycles. The Kier molecular flexibility index (Phi) is 16.2. The maximum Gasteiger partial charge on any atom is 0.251 e. The molecule has 67 heavy (non-hydrogen) atoms. The van der Waals surface area contributed by atoms with Gasteiger partial charge in [-0.2, -0.15) is 0 Å². The number of aryl methyl sites for hydroxylation is 2. The van der Waals surface area contributed by atoms with Crippen molar-refractivity contribution in [1.29, 1.82) is 0 Å². The van der Waals surface area contributed by atoms with Gasteiger partial charge in [0.1, 0.15) is 24.7 Å². The topological polar surface area (TPSA) is 214 Å². The number of carbonyl (C=O) groups excluding carboxylic acids is 4. The Balaban J connectivity index is 0.000000199. The molecule has 7 aromatic rings. The average molecular weight is 904 g/mol. The number of nitrogens with one attached hydrogen (secondary N) is 4. The van der Waals surface area contributed by atoms with Crippen LogP contribution >= 0.6 is 0 Å². The highest BCUT2D eigenvalue weighted by Crippen LogP contribution is 2.30. The lowest BCUT2D eigenvalue weighted by Crippen LogP contribution is -2.42. The molecule has 0 bridgehead atoms. The summed E-state index contributed by atoms with van der Waals surface area (Å²) in [6.45, 7) is 4.68. The van der Waals surface area contributed by atoms with Gasteiger partial charge < -0.3 is 20.1 Å². The molecule has 2 atom stereocenters. The van der Waals surface area contributed by atoms with Gasteiger partial charge in [0.2, 0.25) is 11.8 Å². The van der Waals surface area contributed by atoms with E-state index in [1.807, 2.05) is 74.5 Å². The fourth-order valence-electron chi connectivity index (χ4n) is 8.27. The summed E-state index contributed by atoms with van der Waals surface area (Å²) in [5.74, 6) is -0.153. The molecule has 1 aliphatic rings. The molecule has 4 aromatic carbocycles. The van der Waals surface area contributed by atoms with E-state index in [-0.39, 0.29) is 36.6 Å². The fraction of sp³-hybridized carbons (Fsp3) is 0.250. The minimum Gasteiger partial charge on any atom is -0.489 e. The van der Waals surface area contributed by atoms with Crippen LogP contribution in [0.25, 0.3) is 21.8 Å². The van der Waals surface area contributed by atoms with E-state index in [4.69, 9.17) is 19.9 Å². The summed E-state index contributed by atoms with van der Waals surface area (Å²) in [4.78, 5) is 62.1. The Morgan fingerprint density at radius 2 is 1.07 bits per heavy atom. The molecule has 0 spiro atoms. The Bertz CT molecular complexity index is 2800. The van der Waals surface area contributed by atoms with Crippen LogP contribution in [0.15, 0.2) is 134 Å². The molecule has 1 aliphatic carbocycles. The Hall–Kier alpha value is -7.75. The monoisotopic (exact) mass is 903 g/mol. The molecule has 3 heterocycles. The highest BCUT2D eigenvalue weighted by molar-refractivity contribution is 5.95. The van der Waals surface area contributed by atoms with Crippen LogP contribution < -0.4 is 31.1 Å². The summed E-state index contributed by atoms with van der Waals surface area (Å²) >= 11 is 0. The summed E-state index contributed by atoms with van der Waals surface area (Å²) in [7, 11) is 0. The molecule has 3 aromatic heterocycles. The predicted molar refractivity (Wildman–Crippen MR) is 251 cm³/mol. The summed E-state index contributed by atoms with van der Waals surface area (Å²) in [5, 5.41) is 25.7. The third-order valence-corrected chi connectivity index (χ3v) is 11.6. The Morgan fingerprint density at radius 3 is 1.57 bits per heavy atom. The summed E-state index contributed by atoms with van der Waals surface area (Å²) in [5.41, 5.74) is 10.7. The van der Waals surface area contributed by atoms with Gasteiger partial charge in [-0.3, -0.25) is 44.5 Å². The number of para-hydroxylation sites is 2. The fourth-order valence-corrected chi connectivity index (χ4v) is 8.27. The number of hydroxylamine groups is 2. The van der Waals surface area contributed by atoms with E-state index in [1.54, 1.807) is 84.0 Å². The van der Waals surface area contributed by atoms with Gasteiger partial charge in [0.15, 0.2) is 0 Å². The van der Waals surface area contributed by atoms with Crippen LogP contribution in [-0.2, 0) is 22.8 Å². The number of amides is 4. The van der Waals surface area contributed by atoms with Crippen molar-refractivity contribution in [1.82, 2.24) is 36.5 Å². The van der Waals surface area contributed by atoms with E-state index in [1.165, 1.54) is 0 Å². The van der Waals surface area contributed by atoms with Crippen molar-refractivity contribution in [3.05, 3.63) is 173 Å². The predicted octanol–water partition coefficient (Wildman–Crippen LogP) is 8.19. The van der Waals surface area contributed by atoms with Crippen LogP contribution in [0, 0.1) is 19.8 Å². The number of pyridine rings is 3. The number of benzene rings is 4. The smallest absolute Gasteiger partial charge is 0.251 e. The second kappa shape index (κ2) is 22.9. The van der Waals surface area contributed by atoms with Crippen molar-refractivity contribution in [2.45, 2.75) is 77.7 Å². The molecule has 344 valence electrons. The van der Waals surface area contributed by atoms with E-state index >= 15 is 0 Å². The first-order valence-electron chi connectivity index (χ1n) is 22.1. The summed E-state index contributed by atoms with van der Waals surface area (Å²) in [6.07, 6.45) is 7.22. The zero-order chi connectivity index (χ0) is 47.1. The average Bonchev–Trinajstić information content (AvgIpc) is 3.90. The van der Waals surface area contributed by atoms with Gasteiger partial charge in [-0.15, -0.1) is 0 Å². The second-order valence-corrected chi connectivity index (χ2v) is 16.4. The third-order valence-electron chi connectivity index (χ3n) is 11.6. The minimum atomic E-state index is -0.623.